The van der Waals surface area contributed by atoms with Crippen LogP contribution in [0.15, 0.2) is 0 Å². The molecule has 0 amide bonds. The molecule has 0 aromatic carbocycles. The Hall–Kier alpha value is -0.750. The van der Waals surface area contributed by atoms with Crippen molar-refractivity contribution in [3.63, 3.8) is 0 Å². The van der Waals surface area contributed by atoms with Crippen molar-refractivity contribution in [3.05, 3.63) is 0 Å². The van der Waals surface area contributed by atoms with Crippen LogP contribution in [0.3, 0.4) is 0 Å². The van der Waals surface area contributed by atoms with Crippen molar-refractivity contribution in [2.45, 2.75) is 104 Å². The monoisotopic (exact) mass is 512 g/mol. The van der Waals surface area contributed by atoms with Crippen molar-refractivity contribution in [1.82, 2.24) is 0 Å². The second kappa shape index (κ2) is 10.4. The van der Waals surface area contributed by atoms with Crippen molar-refractivity contribution in [2.75, 3.05) is 21.0 Å². The summed E-state index contributed by atoms with van der Waals surface area (Å²) in [6, 6.07) is 0. The number of carbonyl (C=O) groups excluding carboxylic acids is 1. The van der Waals surface area contributed by atoms with Crippen LogP contribution in [-0.2, 0) is 19.0 Å². The molecule has 6 heteroatoms. The summed E-state index contributed by atoms with van der Waals surface area (Å²) in [6.45, 7) is 11.9. The standard InChI is InChI=1S/C30H50F2O4/c1-8-20-24-15-18(2)11-13-29(24,5)23-12-14-28(4)21(19(3)16-30(31,32)27(33)35-7)9-10-22(28)25(23)26(20)36-17-34-6/h18-26H,8-17H2,1-7H3/t18-,19-,20-,21-,22?,23?,24+,25?,26?,28-,29-/m1/s1. The Kier molecular flexibility index (Phi) is 8.19. The molecule has 4 nitrogen and oxygen atoms in total. The van der Waals surface area contributed by atoms with Crippen molar-refractivity contribution in [1.29, 1.82) is 0 Å². The molecule has 4 rings (SSSR count). The van der Waals surface area contributed by atoms with E-state index in [0.717, 1.165) is 45.1 Å². The quantitative estimate of drug-likeness (QED) is 0.252. The third-order valence-corrected chi connectivity index (χ3v) is 11.8. The fraction of sp³-hybridized carbons (Fsp3) is 0.967. The van der Waals surface area contributed by atoms with Crippen molar-refractivity contribution in [2.24, 2.45) is 58.2 Å². The van der Waals surface area contributed by atoms with Crippen LogP contribution >= 0.6 is 0 Å². The SMILES string of the molecule is CC[C@H]1C(OCOC)C2C3CC[C@H]([C@H](C)CC(F)(F)C(=O)OC)[C@@]3(C)CCC2[C@@]2(C)CC[C@@H](C)C[C@@H]12. The van der Waals surface area contributed by atoms with Gasteiger partial charge in [-0.05, 0) is 96.7 Å². The molecule has 0 N–H and O–H groups in total. The number of halogens is 2. The summed E-state index contributed by atoms with van der Waals surface area (Å²) >= 11 is 0. The summed E-state index contributed by atoms with van der Waals surface area (Å²) in [7, 11) is 2.75. The van der Waals surface area contributed by atoms with Crippen LogP contribution < -0.4 is 0 Å². The van der Waals surface area contributed by atoms with Gasteiger partial charge in [0.15, 0.2) is 0 Å². The van der Waals surface area contributed by atoms with Gasteiger partial charge in [0.2, 0.25) is 0 Å². The second-order valence-corrected chi connectivity index (χ2v) is 13.5. The van der Waals surface area contributed by atoms with E-state index in [1.807, 2.05) is 6.92 Å². The van der Waals surface area contributed by atoms with Gasteiger partial charge in [-0.15, -0.1) is 0 Å². The predicted molar refractivity (Wildman–Crippen MR) is 136 cm³/mol. The molecule has 0 radical (unpaired) electrons. The van der Waals surface area contributed by atoms with Gasteiger partial charge >= 0.3 is 11.9 Å². The maximum atomic E-state index is 14.6. The van der Waals surface area contributed by atoms with E-state index in [2.05, 4.69) is 32.4 Å². The van der Waals surface area contributed by atoms with Gasteiger partial charge in [0.05, 0.1) is 13.2 Å². The third kappa shape index (κ3) is 4.54. The molecule has 208 valence electrons. The lowest BCUT2D eigenvalue weighted by Crippen LogP contribution is -2.62. The molecule has 11 atom stereocenters. The summed E-state index contributed by atoms with van der Waals surface area (Å²) in [5, 5.41) is 0. The van der Waals surface area contributed by atoms with Gasteiger partial charge in [0, 0.05) is 13.5 Å². The normalized spacial score (nSPS) is 45.4. The molecule has 0 aromatic rings. The smallest absolute Gasteiger partial charge is 0.376 e. The maximum absolute atomic E-state index is 14.6. The molecule has 36 heavy (non-hydrogen) atoms. The zero-order valence-corrected chi connectivity index (χ0v) is 23.7. The highest BCUT2D eigenvalue weighted by atomic mass is 19.3. The van der Waals surface area contributed by atoms with E-state index in [-0.39, 0.29) is 23.4 Å². The molecule has 4 saturated carbocycles. The summed E-state index contributed by atoms with van der Waals surface area (Å²) in [5.74, 6) is -1.43. The third-order valence-electron chi connectivity index (χ3n) is 11.8. The maximum Gasteiger partial charge on any atom is 0.376 e. The summed E-state index contributed by atoms with van der Waals surface area (Å²) in [6.07, 6.45) is 8.99. The minimum absolute atomic E-state index is 0.00902. The van der Waals surface area contributed by atoms with Crippen LogP contribution in [0.4, 0.5) is 8.78 Å². The Labute approximate surface area is 217 Å². The summed E-state index contributed by atoms with van der Waals surface area (Å²) in [5.41, 5.74) is 0.318. The minimum atomic E-state index is -3.43. The molecule has 0 aromatic heterocycles. The number of carbonyl (C=O) groups is 1. The summed E-state index contributed by atoms with van der Waals surface area (Å²) < 4.78 is 45.6. The van der Waals surface area contributed by atoms with Crippen LogP contribution in [0.5, 0.6) is 0 Å². The topological polar surface area (TPSA) is 44.8 Å². The first-order valence-electron chi connectivity index (χ1n) is 14.5. The van der Waals surface area contributed by atoms with Crippen LogP contribution in [-0.4, -0.2) is 39.0 Å². The van der Waals surface area contributed by atoms with E-state index in [1.165, 1.54) is 19.3 Å². The van der Waals surface area contributed by atoms with Gasteiger partial charge in [-0.3, -0.25) is 0 Å². The van der Waals surface area contributed by atoms with Crippen molar-refractivity contribution in [3.8, 4) is 0 Å². The average Bonchev–Trinajstić information content (AvgIpc) is 3.19. The fourth-order valence-electron chi connectivity index (χ4n) is 10.3. The van der Waals surface area contributed by atoms with Gasteiger partial charge < -0.3 is 14.2 Å². The van der Waals surface area contributed by atoms with E-state index >= 15 is 0 Å². The predicted octanol–water partition coefficient (Wildman–Crippen LogP) is 7.35. The Bertz CT molecular complexity index is 789. The molecule has 0 saturated heterocycles. The summed E-state index contributed by atoms with van der Waals surface area (Å²) in [4.78, 5) is 11.7. The highest BCUT2D eigenvalue weighted by Crippen LogP contribution is 2.70. The van der Waals surface area contributed by atoms with Crippen LogP contribution in [0.2, 0.25) is 0 Å². The lowest BCUT2D eigenvalue weighted by Gasteiger charge is -2.65. The van der Waals surface area contributed by atoms with E-state index in [1.54, 1.807) is 7.11 Å². The Morgan fingerprint density at radius 1 is 1.03 bits per heavy atom. The van der Waals surface area contributed by atoms with Crippen molar-refractivity contribution >= 4 is 5.97 Å². The first kappa shape index (κ1) is 28.3. The Morgan fingerprint density at radius 3 is 2.33 bits per heavy atom. The van der Waals surface area contributed by atoms with Crippen LogP contribution in [0, 0.1) is 58.2 Å². The number of rotatable bonds is 8. The van der Waals surface area contributed by atoms with Crippen molar-refractivity contribution < 1.29 is 27.8 Å². The number of methoxy groups -OCH3 is 2. The number of alkyl halides is 2. The number of ether oxygens (including phenoxy) is 3. The molecule has 0 heterocycles. The first-order chi connectivity index (χ1) is 16.9. The molecule has 4 aliphatic carbocycles. The zero-order chi connectivity index (χ0) is 26.5. The fourth-order valence-corrected chi connectivity index (χ4v) is 10.3. The number of hydrogen-bond acceptors (Lipinski definition) is 4. The van der Waals surface area contributed by atoms with Gasteiger partial charge in [-0.2, -0.15) is 8.78 Å². The molecular formula is C30H50F2O4. The molecule has 0 aliphatic heterocycles. The molecule has 0 spiro atoms. The number of fused-ring (bicyclic) bond motifs is 5. The Morgan fingerprint density at radius 2 is 1.69 bits per heavy atom. The first-order valence-corrected chi connectivity index (χ1v) is 14.5. The van der Waals surface area contributed by atoms with E-state index in [4.69, 9.17) is 9.47 Å². The largest absolute Gasteiger partial charge is 0.465 e. The lowest BCUT2D eigenvalue weighted by molar-refractivity contribution is -0.232. The molecule has 0 bridgehead atoms. The Balaban J connectivity index is 1.65. The van der Waals surface area contributed by atoms with E-state index in [0.29, 0.717) is 41.8 Å². The van der Waals surface area contributed by atoms with E-state index in [9.17, 15) is 13.6 Å². The van der Waals surface area contributed by atoms with Crippen LogP contribution in [0.1, 0.15) is 92.4 Å². The molecular weight excluding hydrogens is 462 g/mol. The lowest BCUT2D eigenvalue weighted by atomic mass is 9.41. The van der Waals surface area contributed by atoms with Gasteiger partial charge in [-0.25, -0.2) is 4.79 Å². The van der Waals surface area contributed by atoms with Crippen LogP contribution in [0.25, 0.3) is 0 Å². The van der Waals surface area contributed by atoms with E-state index < -0.39 is 18.3 Å². The molecule has 4 fully saturated rings. The second-order valence-electron chi connectivity index (χ2n) is 13.5. The minimum Gasteiger partial charge on any atom is -0.465 e. The number of esters is 1. The average molecular weight is 513 g/mol. The van der Waals surface area contributed by atoms with Gasteiger partial charge in [0.25, 0.3) is 0 Å². The number of hydrogen-bond donors (Lipinski definition) is 0. The highest BCUT2D eigenvalue weighted by molar-refractivity contribution is 5.77. The van der Waals surface area contributed by atoms with Gasteiger partial charge in [0.1, 0.15) is 6.79 Å². The molecule has 4 aliphatic rings. The van der Waals surface area contributed by atoms with Gasteiger partial charge in [-0.1, -0.05) is 47.5 Å². The zero-order valence-electron chi connectivity index (χ0n) is 23.7. The highest BCUT2D eigenvalue weighted by Gasteiger charge is 2.65. The molecule has 4 unspecified atom stereocenters.